The molecule has 0 aromatic carbocycles. The number of halogens is 6. The fourth-order valence-electron chi connectivity index (χ4n) is 3.78. The van der Waals surface area contributed by atoms with Crippen molar-refractivity contribution >= 4 is 16.2 Å². The second-order valence-corrected chi connectivity index (χ2v) is 10.2. The van der Waals surface area contributed by atoms with Crippen molar-refractivity contribution in [3.8, 4) is 5.88 Å². The molecule has 2 N–H and O–H groups in total. The second kappa shape index (κ2) is 11.0. The molecule has 2 aliphatic heterocycles. The highest BCUT2D eigenvalue weighted by molar-refractivity contribution is 7.86. The highest BCUT2D eigenvalue weighted by atomic mass is 32.2. The van der Waals surface area contributed by atoms with E-state index in [1.165, 1.54) is 0 Å². The number of piperidine rings is 1. The zero-order valence-electron chi connectivity index (χ0n) is 18.7. The lowest BCUT2D eigenvalue weighted by atomic mass is 9.90. The summed E-state index contributed by atoms with van der Waals surface area (Å²) in [6, 6.07) is 2.23. The van der Waals surface area contributed by atoms with Crippen molar-refractivity contribution in [2.24, 2.45) is 17.6 Å². The van der Waals surface area contributed by atoms with Gasteiger partial charge in [-0.2, -0.15) is 43.4 Å². The summed E-state index contributed by atoms with van der Waals surface area (Å²) >= 11 is 0. The molecule has 17 heteroatoms. The first-order valence-electron chi connectivity index (χ1n) is 10.7. The van der Waals surface area contributed by atoms with Crippen molar-refractivity contribution in [1.29, 1.82) is 0 Å². The van der Waals surface area contributed by atoms with Crippen molar-refractivity contribution in [3.63, 3.8) is 0 Å². The van der Waals surface area contributed by atoms with Gasteiger partial charge in [0.25, 0.3) is 10.2 Å². The third kappa shape index (κ3) is 7.18. The summed E-state index contributed by atoms with van der Waals surface area (Å²) in [5.74, 6) is -5.51. The number of carbonyl (C=O) groups excluding carboxylic acids is 1. The van der Waals surface area contributed by atoms with Crippen LogP contribution >= 0.6 is 0 Å². The molecule has 0 spiro atoms. The van der Waals surface area contributed by atoms with E-state index < -0.39 is 59.6 Å². The third-order valence-electron chi connectivity index (χ3n) is 5.61. The average Bonchev–Trinajstić information content (AvgIpc) is 2.82. The number of alkyl halides is 6. The predicted molar refractivity (Wildman–Crippen MR) is 109 cm³/mol. The summed E-state index contributed by atoms with van der Waals surface area (Å²) in [6.45, 7) is -1.04. The molecule has 10 nitrogen and oxygen atoms in total. The van der Waals surface area contributed by atoms with E-state index in [0.29, 0.717) is 0 Å². The van der Waals surface area contributed by atoms with E-state index in [0.717, 1.165) is 26.9 Å². The fourth-order valence-corrected chi connectivity index (χ4v) is 5.49. The Hall–Kier alpha value is -2.21. The summed E-state index contributed by atoms with van der Waals surface area (Å²) < 4.78 is 120. The molecule has 2 fully saturated rings. The number of pyridine rings is 1. The number of esters is 1. The van der Waals surface area contributed by atoms with Crippen LogP contribution in [0.1, 0.15) is 18.2 Å². The number of hydrogen-bond donors (Lipinski definition) is 1. The Kier molecular flexibility index (Phi) is 8.70. The van der Waals surface area contributed by atoms with E-state index >= 15 is 0 Å². The normalized spacial score (nSPS) is 23.8. The van der Waals surface area contributed by atoms with Crippen molar-refractivity contribution in [2.75, 3.05) is 46.0 Å². The molecule has 2 aliphatic rings. The average molecular weight is 550 g/mol. The Labute approximate surface area is 202 Å². The molecule has 1 aromatic heterocycles. The zero-order valence-corrected chi connectivity index (χ0v) is 19.5. The molecule has 3 heterocycles. The van der Waals surface area contributed by atoms with Gasteiger partial charge in [0.05, 0.1) is 25.7 Å². The van der Waals surface area contributed by atoms with Crippen LogP contribution in [0.15, 0.2) is 18.3 Å². The summed E-state index contributed by atoms with van der Waals surface area (Å²) in [5, 5.41) is 0. The summed E-state index contributed by atoms with van der Waals surface area (Å²) in [7, 11) is -4.18. The quantitative estimate of drug-likeness (QED) is 0.309. The van der Waals surface area contributed by atoms with Gasteiger partial charge in [-0.15, -0.1) is 0 Å². The molecule has 2 saturated heterocycles. The molecular weight excluding hydrogens is 526 g/mol. The first kappa shape index (κ1) is 28.4. The van der Waals surface area contributed by atoms with E-state index in [1.54, 1.807) is 0 Å². The summed E-state index contributed by atoms with van der Waals surface area (Å²) in [5.41, 5.74) is 5.36. The van der Waals surface area contributed by atoms with Crippen LogP contribution in [0.5, 0.6) is 5.88 Å². The molecule has 0 aliphatic carbocycles. The molecule has 0 radical (unpaired) electrons. The number of morpholine rings is 1. The number of carbonyl (C=O) groups is 1. The van der Waals surface area contributed by atoms with Crippen molar-refractivity contribution < 1.29 is 53.8 Å². The molecule has 0 saturated carbocycles. The molecule has 0 amide bonds. The Balaban J connectivity index is 1.69. The largest absolute Gasteiger partial charge is 0.490 e. The van der Waals surface area contributed by atoms with Crippen molar-refractivity contribution in [3.05, 3.63) is 23.9 Å². The van der Waals surface area contributed by atoms with Crippen molar-refractivity contribution in [1.82, 2.24) is 13.6 Å². The van der Waals surface area contributed by atoms with Crippen LogP contribution in [0, 0.1) is 11.8 Å². The first-order valence-corrected chi connectivity index (χ1v) is 12.1. The van der Waals surface area contributed by atoms with Crippen LogP contribution in [-0.4, -0.2) is 86.3 Å². The van der Waals surface area contributed by atoms with Gasteiger partial charge in [-0.1, -0.05) is 0 Å². The van der Waals surface area contributed by atoms with E-state index in [-0.39, 0.29) is 50.9 Å². The lowest BCUT2D eigenvalue weighted by Gasteiger charge is -2.40. The lowest BCUT2D eigenvalue weighted by molar-refractivity contribution is -0.205. The van der Waals surface area contributed by atoms with Crippen LogP contribution in [0.25, 0.3) is 0 Å². The van der Waals surface area contributed by atoms with Gasteiger partial charge in [-0.05, 0) is 12.5 Å². The Bertz CT molecular complexity index is 1020. The topological polar surface area (TPSA) is 124 Å². The molecule has 0 bridgehead atoms. The number of hydrogen-bond acceptors (Lipinski definition) is 8. The monoisotopic (exact) mass is 550 g/mol. The van der Waals surface area contributed by atoms with Crippen LogP contribution in [0.2, 0.25) is 0 Å². The highest BCUT2D eigenvalue weighted by Crippen LogP contribution is 2.37. The van der Waals surface area contributed by atoms with E-state index in [9.17, 15) is 39.6 Å². The minimum absolute atomic E-state index is 0.0204. The van der Waals surface area contributed by atoms with E-state index in [1.807, 2.05) is 0 Å². The third-order valence-corrected chi connectivity index (χ3v) is 7.58. The number of aromatic nitrogens is 1. The number of nitrogens with zero attached hydrogens (tertiary/aromatic N) is 3. The number of rotatable bonds is 7. The fraction of sp³-hybridized carbons (Fsp3) is 0.684. The van der Waals surface area contributed by atoms with Gasteiger partial charge >= 0.3 is 18.3 Å². The second-order valence-electron chi connectivity index (χ2n) is 8.24. The van der Waals surface area contributed by atoms with Crippen LogP contribution in [0.4, 0.5) is 26.3 Å². The predicted octanol–water partition coefficient (Wildman–Crippen LogP) is 1.60. The smallest absolute Gasteiger partial charge is 0.477 e. The van der Waals surface area contributed by atoms with E-state index in [4.69, 9.17) is 15.2 Å². The number of nitrogens with two attached hydrogens (primary N) is 1. The molecule has 204 valence electrons. The summed E-state index contributed by atoms with van der Waals surface area (Å²) in [4.78, 5) is 14.8. The van der Waals surface area contributed by atoms with Gasteiger partial charge in [0.15, 0.2) is 6.23 Å². The zero-order chi connectivity index (χ0) is 26.7. The SMILES string of the molecule is NC(OC(=O)C(F)(F)F)c1ccnc(OCC2CC(C(F)(F)F)CN(S(=O)(=O)N3CCOCC3)C2)c1. The van der Waals surface area contributed by atoms with Crippen LogP contribution in [0.3, 0.4) is 0 Å². The molecule has 36 heavy (non-hydrogen) atoms. The first-order chi connectivity index (χ1) is 16.7. The van der Waals surface area contributed by atoms with Crippen molar-refractivity contribution in [2.45, 2.75) is 25.0 Å². The van der Waals surface area contributed by atoms with Gasteiger partial charge < -0.3 is 14.2 Å². The lowest BCUT2D eigenvalue weighted by Crippen LogP contribution is -2.55. The number of ether oxygens (including phenoxy) is 3. The molecule has 3 unspecified atom stereocenters. The highest BCUT2D eigenvalue weighted by Gasteiger charge is 2.48. The maximum atomic E-state index is 13.6. The summed E-state index contributed by atoms with van der Waals surface area (Å²) in [6.07, 6.45) is -11.0. The van der Waals surface area contributed by atoms with Gasteiger partial charge in [0, 0.05) is 49.9 Å². The van der Waals surface area contributed by atoms with Gasteiger partial charge in [0.2, 0.25) is 5.88 Å². The van der Waals surface area contributed by atoms with Gasteiger partial charge in [-0.25, -0.2) is 9.78 Å². The van der Waals surface area contributed by atoms with E-state index in [2.05, 4.69) is 9.72 Å². The maximum Gasteiger partial charge on any atom is 0.490 e. The molecular formula is C19H24F6N4O6S. The Morgan fingerprint density at radius 1 is 1.17 bits per heavy atom. The minimum Gasteiger partial charge on any atom is -0.477 e. The molecule has 1 aromatic rings. The maximum absolute atomic E-state index is 13.6. The van der Waals surface area contributed by atoms with Crippen LogP contribution in [-0.2, 0) is 24.5 Å². The van der Waals surface area contributed by atoms with Crippen LogP contribution < -0.4 is 10.5 Å². The molecule has 3 rings (SSSR count). The minimum atomic E-state index is -5.26. The Morgan fingerprint density at radius 2 is 1.83 bits per heavy atom. The van der Waals surface area contributed by atoms with Gasteiger partial charge in [0.1, 0.15) is 0 Å². The molecule has 3 atom stereocenters. The standard InChI is InChI=1S/C19H24F6N4O6S/c20-18(21,22)14-7-12(9-29(10-14)36(31,32)28-3-5-33-6-4-28)11-34-15-8-13(1-2-27-15)16(26)35-17(30)19(23,24)25/h1-2,8,12,14,16H,3-7,9-11,26H2. The van der Waals surface area contributed by atoms with Gasteiger partial charge in [-0.3, -0.25) is 5.73 Å². The Morgan fingerprint density at radius 3 is 2.44 bits per heavy atom.